The lowest BCUT2D eigenvalue weighted by molar-refractivity contribution is 0.0697. The maximum atomic E-state index is 11.1. The molecule has 3 N–H and O–H groups in total. The van der Waals surface area contributed by atoms with Crippen LogP contribution in [0.4, 0.5) is 5.69 Å². The zero-order valence-corrected chi connectivity index (χ0v) is 9.64. The number of anilines is 1. The summed E-state index contributed by atoms with van der Waals surface area (Å²) in [4.78, 5) is 15.1. The first kappa shape index (κ1) is 11.2. The average Bonchev–Trinajstić information content (AvgIpc) is 2.51. The zero-order valence-electron chi connectivity index (χ0n) is 9.64. The van der Waals surface area contributed by atoms with Gasteiger partial charge in [-0.3, -0.25) is 4.98 Å². The average molecular weight is 231 g/mol. The second-order valence-corrected chi connectivity index (χ2v) is 3.82. The zero-order chi connectivity index (χ0) is 12.6. The summed E-state index contributed by atoms with van der Waals surface area (Å²) < 4.78 is 1.79. The van der Waals surface area contributed by atoms with E-state index in [-0.39, 0.29) is 5.56 Å². The van der Waals surface area contributed by atoms with Gasteiger partial charge in [-0.1, -0.05) is 0 Å². The van der Waals surface area contributed by atoms with E-state index in [9.17, 15) is 4.79 Å². The topological polar surface area (TPSA) is 81.1 Å². The van der Waals surface area contributed by atoms with E-state index in [0.29, 0.717) is 17.1 Å². The van der Waals surface area contributed by atoms with E-state index in [2.05, 4.69) is 4.98 Å². The predicted octanol–water partition coefficient (Wildman–Crippen LogP) is 1.68. The van der Waals surface area contributed by atoms with Gasteiger partial charge in [-0.05, 0) is 19.1 Å². The van der Waals surface area contributed by atoms with Gasteiger partial charge in [-0.25, -0.2) is 4.79 Å². The van der Waals surface area contributed by atoms with Crippen molar-refractivity contribution in [3.05, 3.63) is 35.8 Å². The predicted molar refractivity (Wildman–Crippen MR) is 64.8 cm³/mol. The molecule has 0 radical (unpaired) electrons. The van der Waals surface area contributed by atoms with Crippen molar-refractivity contribution in [2.24, 2.45) is 7.05 Å². The molecule has 0 aliphatic rings. The van der Waals surface area contributed by atoms with Crippen LogP contribution >= 0.6 is 0 Å². The van der Waals surface area contributed by atoms with Crippen LogP contribution < -0.4 is 5.73 Å². The Kier molecular flexibility index (Phi) is 2.59. The lowest BCUT2D eigenvalue weighted by atomic mass is 10.1. The molecule has 5 nitrogen and oxygen atoms in total. The molecule has 0 aliphatic carbocycles. The van der Waals surface area contributed by atoms with Crippen LogP contribution in [0.2, 0.25) is 0 Å². The van der Waals surface area contributed by atoms with Crippen LogP contribution in [0.15, 0.2) is 24.5 Å². The number of aromatic nitrogens is 2. The van der Waals surface area contributed by atoms with Crippen molar-refractivity contribution in [1.82, 2.24) is 9.55 Å². The normalized spacial score (nSPS) is 10.5. The Hall–Kier alpha value is -2.30. The second-order valence-electron chi connectivity index (χ2n) is 3.82. The number of carbonyl (C=O) groups is 1. The SMILES string of the molecule is Cc1c(C(=O)O)c(N)c(-c2ccncc2)n1C. The summed E-state index contributed by atoms with van der Waals surface area (Å²) in [6, 6.07) is 3.60. The van der Waals surface area contributed by atoms with Crippen LogP contribution in [-0.4, -0.2) is 20.6 Å². The van der Waals surface area contributed by atoms with Crippen molar-refractivity contribution in [3.63, 3.8) is 0 Å². The fourth-order valence-electron chi connectivity index (χ4n) is 1.96. The van der Waals surface area contributed by atoms with Gasteiger partial charge in [0.05, 0.1) is 11.4 Å². The number of pyridine rings is 1. The van der Waals surface area contributed by atoms with Crippen molar-refractivity contribution in [2.75, 3.05) is 5.73 Å². The minimum atomic E-state index is -1.00. The maximum Gasteiger partial charge on any atom is 0.339 e. The van der Waals surface area contributed by atoms with Gasteiger partial charge in [0.25, 0.3) is 0 Å². The molecular weight excluding hydrogens is 218 g/mol. The van der Waals surface area contributed by atoms with Gasteiger partial charge >= 0.3 is 5.97 Å². The number of nitrogen functional groups attached to an aromatic ring is 1. The summed E-state index contributed by atoms with van der Waals surface area (Å²) in [5, 5.41) is 9.13. The Balaban J connectivity index is 2.72. The Bertz CT molecular complexity index is 573. The minimum absolute atomic E-state index is 0.166. The Labute approximate surface area is 98.5 Å². The third-order valence-electron chi connectivity index (χ3n) is 2.89. The van der Waals surface area contributed by atoms with Crippen LogP contribution in [0.1, 0.15) is 16.1 Å². The fraction of sp³-hybridized carbons (Fsp3) is 0.167. The van der Waals surface area contributed by atoms with Crippen LogP contribution in [0.3, 0.4) is 0 Å². The number of nitrogens with zero attached hydrogens (tertiary/aromatic N) is 2. The summed E-state index contributed by atoms with van der Waals surface area (Å²) in [5.74, 6) is -1.00. The number of nitrogens with two attached hydrogens (primary N) is 1. The molecule has 0 fully saturated rings. The molecule has 2 rings (SSSR count). The molecule has 2 aromatic rings. The number of carboxylic acid groups (broad SMARTS) is 1. The molecule has 0 saturated carbocycles. The summed E-state index contributed by atoms with van der Waals surface area (Å²) >= 11 is 0. The molecule has 0 amide bonds. The second kappa shape index (κ2) is 3.93. The first-order valence-corrected chi connectivity index (χ1v) is 5.12. The molecule has 0 unspecified atom stereocenters. The van der Waals surface area contributed by atoms with E-state index in [1.807, 2.05) is 0 Å². The highest BCUT2D eigenvalue weighted by atomic mass is 16.4. The van der Waals surface area contributed by atoms with Gasteiger partial charge < -0.3 is 15.4 Å². The molecule has 2 aromatic heterocycles. The van der Waals surface area contributed by atoms with Crippen LogP contribution in [0, 0.1) is 6.92 Å². The maximum absolute atomic E-state index is 11.1. The molecule has 88 valence electrons. The van der Waals surface area contributed by atoms with E-state index in [0.717, 1.165) is 5.56 Å². The summed E-state index contributed by atoms with van der Waals surface area (Å²) in [6.07, 6.45) is 3.30. The lowest BCUT2D eigenvalue weighted by Crippen LogP contribution is -2.01. The van der Waals surface area contributed by atoms with Gasteiger partial charge in [-0.15, -0.1) is 0 Å². The van der Waals surface area contributed by atoms with E-state index in [1.165, 1.54) is 0 Å². The summed E-state index contributed by atoms with van der Waals surface area (Å²) in [5.41, 5.74) is 8.59. The van der Waals surface area contributed by atoms with Gasteiger partial charge in [-0.2, -0.15) is 0 Å². The number of hydrogen-bond acceptors (Lipinski definition) is 3. The number of aromatic carboxylic acids is 1. The van der Waals surface area contributed by atoms with Crippen LogP contribution in [-0.2, 0) is 7.05 Å². The molecule has 0 spiro atoms. The Morgan fingerprint density at radius 2 is 2.00 bits per heavy atom. The molecule has 5 heteroatoms. The third-order valence-corrected chi connectivity index (χ3v) is 2.89. The van der Waals surface area contributed by atoms with Gasteiger partial charge in [0, 0.05) is 30.7 Å². The van der Waals surface area contributed by atoms with E-state index < -0.39 is 5.97 Å². The highest BCUT2D eigenvalue weighted by Gasteiger charge is 2.21. The lowest BCUT2D eigenvalue weighted by Gasteiger charge is -2.05. The largest absolute Gasteiger partial charge is 0.478 e. The first-order valence-electron chi connectivity index (χ1n) is 5.12. The van der Waals surface area contributed by atoms with E-state index in [4.69, 9.17) is 10.8 Å². The number of carboxylic acids is 1. The standard InChI is InChI=1S/C12H13N3O2/c1-7-9(12(16)17)10(13)11(15(7)2)8-3-5-14-6-4-8/h3-6H,13H2,1-2H3,(H,16,17). The van der Waals surface area contributed by atoms with Gasteiger partial charge in [0.1, 0.15) is 5.56 Å². The monoisotopic (exact) mass is 231 g/mol. The van der Waals surface area contributed by atoms with Gasteiger partial charge in [0.15, 0.2) is 0 Å². The molecule has 0 aromatic carbocycles. The minimum Gasteiger partial charge on any atom is -0.478 e. The molecule has 0 saturated heterocycles. The van der Waals surface area contributed by atoms with Gasteiger partial charge in [0.2, 0.25) is 0 Å². The number of rotatable bonds is 2. The van der Waals surface area contributed by atoms with Crippen LogP contribution in [0.5, 0.6) is 0 Å². The molecular formula is C12H13N3O2. The number of hydrogen-bond donors (Lipinski definition) is 2. The molecule has 0 atom stereocenters. The molecule has 17 heavy (non-hydrogen) atoms. The highest BCUT2D eigenvalue weighted by molar-refractivity contribution is 5.99. The Morgan fingerprint density at radius 1 is 1.41 bits per heavy atom. The molecule has 2 heterocycles. The van der Waals surface area contributed by atoms with E-state index in [1.54, 1.807) is 43.1 Å². The quantitative estimate of drug-likeness (QED) is 0.823. The van der Waals surface area contributed by atoms with E-state index >= 15 is 0 Å². The highest BCUT2D eigenvalue weighted by Crippen LogP contribution is 2.32. The third kappa shape index (κ3) is 1.65. The first-order chi connectivity index (χ1) is 8.04. The summed E-state index contributed by atoms with van der Waals surface area (Å²) in [6.45, 7) is 1.74. The van der Waals surface area contributed by atoms with Crippen molar-refractivity contribution in [2.45, 2.75) is 6.92 Å². The van der Waals surface area contributed by atoms with Crippen molar-refractivity contribution >= 4 is 11.7 Å². The van der Waals surface area contributed by atoms with Crippen molar-refractivity contribution in [3.8, 4) is 11.3 Å². The molecule has 0 bridgehead atoms. The van der Waals surface area contributed by atoms with Crippen LogP contribution in [0.25, 0.3) is 11.3 Å². The fourth-order valence-corrected chi connectivity index (χ4v) is 1.96. The van der Waals surface area contributed by atoms with Crippen molar-refractivity contribution < 1.29 is 9.90 Å². The summed E-state index contributed by atoms with van der Waals surface area (Å²) in [7, 11) is 1.80. The smallest absolute Gasteiger partial charge is 0.339 e. The molecule has 0 aliphatic heterocycles. The Morgan fingerprint density at radius 3 is 2.47 bits per heavy atom. The van der Waals surface area contributed by atoms with Crippen molar-refractivity contribution in [1.29, 1.82) is 0 Å².